The summed E-state index contributed by atoms with van der Waals surface area (Å²) in [6.45, 7) is 11.7. The molecule has 1 aliphatic rings. The van der Waals surface area contributed by atoms with Crippen LogP contribution in [0.1, 0.15) is 31.9 Å². The summed E-state index contributed by atoms with van der Waals surface area (Å²) in [7, 11) is 0. The van der Waals surface area contributed by atoms with Crippen LogP contribution in [0.25, 0.3) is 0 Å². The first kappa shape index (κ1) is 12.6. The maximum Gasteiger partial charge on any atom is 0.0833 e. The molecule has 1 aliphatic heterocycles. The Morgan fingerprint density at radius 1 is 1.18 bits per heavy atom. The maximum atomic E-state index is 5.89. The van der Waals surface area contributed by atoms with Gasteiger partial charge in [0.15, 0.2) is 0 Å². The predicted molar refractivity (Wildman–Crippen MR) is 71.1 cm³/mol. The number of benzene rings is 1. The highest BCUT2D eigenvalue weighted by molar-refractivity contribution is 5.20. The largest absolute Gasteiger partial charge is 0.371 e. The minimum Gasteiger partial charge on any atom is -0.371 e. The minimum atomic E-state index is 0.281. The van der Waals surface area contributed by atoms with E-state index in [0.717, 1.165) is 19.7 Å². The van der Waals surface area contributed by atoms with Crippen LogP contribution in [0.15, 0.2) is 24.3 Å². The summed E-state index contributed by atoms with van der Waals surface area (Å²) in [5.41, 5.74) is 2.85. The van der Waals surface area contributed by atoms with Crippen LogP contribution in [0.3, 0.4) is 0 Å². The Labute approximate surface area is 105 Å². The third-order valence-corrected chi connectivity index (χ3v) is 3.40. The standard InChI is InChI=1S/C15H23NO/c1-12-5-7-13(8-6-12)11-17-14-9-16(10-14)15(2,3)4/h5-8,14H,9-11H2,1-4H3. The van der Waals surface area contributed by atoms with Crippen LogP contribution in [0, 0.1) is 6.92 Å². The molecular weight excluding hydrogens is 210 g/mol. The molecule has 1 aromatic rings. The number of aryl methyl sites for hydroxylation is 1. The zero-order valence-electron chi connectivity index (χ0n) is 11.4. The molecule has 0 aromatic heterocycles. The van der Waals surface area contributed by atoms with E-state index in [0.29, 0.717) is 6.10 Å². The average molecular weight is 233 g/mol. The predicted octanol–water partition coefficient (Wildman–Crippen LogP) is 2.99. The summed E-state index contributed by atoms with van der Waals surface area (Å²) in [4.78, 5) is 2.45. The minimum absolute atomic E-state index is 0.281. The van der Waals surface area contributed by atoms with E-state index in [9.17, 15) is 0 Å². The van der Waals surface area contributed by atoms with Crippen molar-refractivity contribution in [3.63, 3.8) is 0 Å². The first-order valence-electron chi connectivity index (χ1n) is 6.37. The summed E-state index contributed by atoms with van der Waals surface area (Å²) < 4.78 is 5.89. The number of hydrogen-bond acceptors (Lipinski definition) is 2. The van der Waals surface area contributed by atoms with E-state index >= 15 is 0 Å². The van der Waals surface area contributed by atoms with E-state index in [2.05, 4.69) is 56.9 Å². The second kappa shape index (κ2) is 4.79. The lowest BCUT2D eigenvalue weighted by Gasteiger charge is -2.47. The third-order valence-electron chi connectivity index (χ3n) is 3.40. The van der Waals surface area contributed by atoms with Crippen molar-refractivity contribution in [1.29, 1.82) is 0 Å². The monoisotopic (exact) mass is 233 g/mol. The average Bonchev–Trinajstić information content (AvgIpc) is 2.16. The highest BCUT2D eigenvalue weighted by atomic mass is 16.5. The zero-order chi connectivity index (χ0) is 12.5. The molecule has 0 unspecified atom stereocenters. The Morgan fingerprint density at radius 2 is 1.76 bits per heavy atom. The molecule has 0 aliphatic carbocycles. The van der Waals surface area contributed by atoms with E-state index in [-0.39, 0.29) is 5.54 Å². The van der Waals surface area contributed by atoms with Gasteiger partial charge in [0.05, 0.1) is 12.7 Å². The van der Waals surface area contributed by atoms with Crippen LogP contribution in [0.5, 0.6) is 0 Å². The fraction of sp³-hybridized carbons (Fsp3) is 0.600. The van der Waals surface area contributed by atoms with Gasteiger partial charge in [-0.1, -0.05) is 29.8 Å². The summed E-state index contributed by atoms with van der Waals surface area (Å²) >= 11 is 0. The van der Waals surface area contributed by atoms with Crippen molar-refractivity contribution in [1.82, 2.24) is 4.90 Å². The van der Waals surface area contributed by atoms with Crippen LogP contribution in [0.4, 0.5) is 0 Å². The van der Waals surface area contributed by atoms with Gasteiger partial charge >= 0.3 is 0 Å². The van der Waals surface area contributed by atoms with Crippen LogP contribution in [-0.4, -0.2) is 29.6 Å². The molecule has 94 valence electrons. The molecule has 17 heavy (non-hydrogen) atoms. The van der Waals surface area contributed by atoms with Gasteiger partial charge in [-0.2, -0.15) is 0 Å². The number of likely N-dealkylation sites (tertiary alicyclic amines) is 1. The van der Waals surface area contributed by atoms with E-state index in [1.807, 2.05) is 0 Å². The van der Waals surface area contributed by atoms with Gasteiger partial charge in [0.25, 0.3) is 0 Å². The molecule has 1 saturated heterocycles. The second-order valence-corrected chi connectivity index (χ2v) is 5.99. The Morgan fingerprint density at radius 3 is 2.29 bits per heavy atom. The van der Waals surface area contributed by atoms with Gasteiger partial charge in [0.1, 0.15) is 0 Å². The van der Waals surface area contributed by atoms with Gasteiger partial charge in [-0.05, 0) is 33.3 Å². The molecule has 0 spiro atoms. The van der Waals surface area contributed by atoms with Gasteiger partial charge in [-0.25, -0.2) is 0 Å². The highest BCUT2D eigenvalue weighted by Crippen LogP contribution is 2.23. The van der Waals surface area contributed by atoms with Crippen molar-refractivity contribution in [2.75, 3.05) is 13.1 Å². The van der Waals surface area contributed by atoms with E-state index in [1.54, 1.807) is 0 Å². The Hall–Kier alpha value is -0.860. The van der Waals surface area contributed by atoms with Crippen LogP contribution in [-0.2, 0) is 11.3 Å². The molecule has 0 bridgehead atoms. The van der Waals surface area contributed by atoms with Crippen LogP contribution < -0.4 is 0 Å². The summed E-state index contributed by atoms with van der Waals surface area (Å²) in [5.74, 6) is 0. The fourth-order valence-electron chi connectivity index (χ4n) is 1.99. The molecule has 1 heterocycles. The van der Waals surface area contributed by atoms with Crippen molar-refractivity contribution >= 4 is 0 Å². The third kappa shape index (κ3) is 3.30. The number of hydrogen-bond donors (Lipinski definition) is 0. The highest BCUT2D eigenvalue weighted by Gasteiger charge is 2.34. The van der Waals surface area contributed by atoms with Crippen molar-refractivity contribution in [3.05, 3.63) is 35.4 Å². The smallest absolute Gasteiger partial charge is 0.0833 e. The van der Waals surface area contributed by atoms with Gasteiger partial charge in [-0.3, -0.25) is 4.90 Å². The molecule has 1 fully saturated rings. The lowest BCUT2D eigenvalue weighted by atomic mass is 9.99. The normalized spacial score (nSPS) is 18.1. The molecule has 0 N–H and O–H groups in total. The topological polar surface area (TPSA) is 12.5 Å². The first-order chi connectivity index (χ1) is 7.95. The SMILES string of the molecule is Cc1ccc(COC2CN(C(C)(C)C)C2)cc1. The summed E-state index contributed by atoms with van der Waals surface area (Å²) in [6.07, 6.45) is 0.413. The molecule has 2 heteroatoms. The molecule has 0 atom stereocenters. The quantitative estimate of drug-likeness (QED) is 0.796. The molecule has 0 saturated carbocycles. The number of ether oxygens (including phenoxy) is 1. The van der Waals surface area contributed by atoms with Crippen molar-refractivity contribution in [2.24, 2.45) is 0 Å². The van der Waals surface area contributed by atoms with Gasteiger partial charge in [0, 0.05) is 18.6 Å². The Balaban J connectivity index is 1.73. The summed E-state index contributed by atoms with van der Waals surface area (Å²) in [6, 6.07) is 8.58. The Kier molecular flexibility index (Phi) is 3.55. The number of rotatable bonds is 3. The number of nitrogens with zero attached hydrogens (tertiary/aromatic N) is 1. The molecule has 0 amide bonds. The lowest BCUT2D eigenvalue weighted by molar-refractivity contribution is -0.0950. The first-order valence-corrected chi connectivity index (χ1v) is 6.37. The van der Waals surface area contributed by atoms with Gasteiger partial charge in [-0.15, -0.1) is 0 Å². The Bertz CT molecular complexity index is 358. The van der Waals surface area contributed by atoms with Crippen molar-refractivity contribution in [2.45, 2.75) is 45.9 Å². The van der Waals surface area contributed by atoms with E-state index in [1.165, 1.54) is 11.1 Å². The van der Waals surface area contributed by atoms with Crippen molar-refractivity contribution in [3.8, 4) is 0 Å². The van der Waals surface area contributed by atoms with E-state index < -0.39 is 0 Å². The second-order valence-electron chi connectivity index (χ2n) is 5.99. The molecule has 0 radical (unpaired) electrons. The molecule has 1 aromatic carbocycles. The fourth-order valence-corrected chi connectivity index (χ4v) is 1.99. The van der Waals surface area contributed by atoms with Gasteiger partial charge < -0.3 is 4.74 Å². The molecule has 2 nitrogen and oxygen atoms in total. The molecule has 2 rings (SSSR count). The maximum absolute atomic E-state index is 5.89. The zero-order valence-corrected chi connectivity index (χ0v) is 11.4. The van der Waals surface area contributed by atoms with Crippen LogP contribution in [0.2, 0.25) is 0 Å². The lowest BCUT2D eigenvalue weighted by Crippen LogP contribution is -2.59. The van der Waals surface area contributed by atoms with Gasteiger partial charge in [0.2, 0.25) is 0 Å². The van der Waals surface area contributed by atoms with Crippen LogP contribution >= 0.6 is 0 Å². The van der Waals surface area contributed by atoms with E-state index in [4.69, 9.17) is 4.74 Å². The molecular formula is C15H23NO. The summed E-state index contributed by atoms with van der Waals surface area (Å²) in [5, 5.41) is 0. The van der Waals surface area contributed by atoms with Crippen molar-refractivity contribution < 1.29 is 4.74 Å².